The second kappa shape index (κ2) is 1.41. The number of nitrogens with zero attached hydrogens (tertiary/aromatic N) is 1. The molecule has 0 aromatic carbocycles. The number of hydrogen-bond acceptors (Lipinski definition) is 3. The Morgan fingerprint density at radius 1 is 1.25 bits per heavy atom. The number of hydrogen-bond donors (Lipinski definition) is 1. The molecule has 0 radical (unpaired) electrons. The van der Waals surface area contributed by atoms with E-state index in [0.29, 0.717) is 0 Å². The zero-order chi connectivity index (χ0) is 6.15. The van der Waals surface area contributed by atoms with Crippen LogP contribution in [0.15, 0.2) is 12.2 Å². The predicted molar refractivity (Wildman–Crippen MR) is 22.8 cm³/mol. The van der Waals surface area contributed by atoms with Crippen molar-refractivity contribution in [3.05, 3.63) is 12.2 Å². The summed E-state index contributed by atoms with van der Waals surface area (Å²) in [5.41, 5.74) is 0. The van der Waals surface area contributed by atoms with E-state index in [1.165, 1.54) is 0 Å². The summed E-state index contributed by atoms with van der Waals surface area (Å²) >= 11 is 0. The van der Waals surface area contributed by atoms with Crippen molar-refractivity contribution >= 4 is 11.8 Å². The molecule has 4 nitrogen and oxygen atoms in total. The van der Waals surface area contributed by atoms with Gasteiger partial charge in [0.2, 0.25) is 0 Å². The molecular weight excluding hydrogens is 110 g/mol. The highest BCUT2D eigenvalue weighted by Gasteiger charge is 2.20. The van der Waals surface area contributed by atoms with Gasteiger partial charge in [-0.2, -0.15) is 0 Å². The SMILES string of the molecule is O=C1C=CC(=O)N1O. The summed E-state index contributed by atoms with van der Waals surface area (Å²) in [4.78, 5) is 20.3. The molecule has 1 N–H and O–H groups in total. The van der Waals surface area contributed by atoms with Crippen LogP contribution in [0.3, 0.4) is 0 Å². The minimum Gasteiger partial charge on any atom is -0.278 e. The Morgan fingerprint density at radius 2 is 1.62 bits per heavy atom. The first-order chi connectivity index (χ1) is 3.72. The zero-order valence-electron chi connectivity index (χ0n) is 3.87. The fourth-order valence-electron chi connectivity index (χ4n) is 0.392. The van der Waals surface area contributed by atoms with Crippen molar-refractivity contribution in [1.82, 2.24) is 5.06 Å². The van der Waals surface area contributed by atoms with Crippen molar-refractivity contribution in [1.29, 1.82) is 0 Å². The van der Waals surface area contributed by atoms with Gasteiger partial charge in [0.05, 0.1) is 0 Å². The summed E-state index contributed by atoms with van der Waals surface area (Å²) in [5, 5.41) is 8.39. The van der Waals surface area contributed by atoms with Crippen LogP contribution >= 0.6 is 0 Å². The minimum absolute atomic E-state index is 0.0556. The van der Waals surface area contributed by atoms with E-state index >= 15 is 0 Å². The van der Waals surface area contributed by atoms with Crippen LogP contribution in [0.1, 0.15) is 0 Å². The lowest BCUT2D eigenvalue weighted by Gasteiger charge is -1.98. The Kier molecular flexibility index (Phi) is 0.881. The largest absolute Gasteiger partial charge is 0.278 e. The lowest BCUT2D eigenvalue weighted by atomic mass is 10.6. The van der Waals surface area contributed by atoms with E-state index in [9.17, 15) is 9.59 Å². The molecule has 0 aromatic heterocycles. The van der Waals surface area contributed by atoms with Gasteiger partial charge in [-0.3, -0.25) is 14.8 Å². The maximum atomic E-state index is 10.2. The van der Waals surface area contributed by atoms with Crippen LogP contribution < -0.4 is 0 Å². The Labute approximate surface area is 45.0 Å². The zero-order valence-corrected chi connectivity index (χ0v) is 3.87. The lowest BCUT2D eigenvalue weighted by molar-refractivity contribution is -0.169. The molecule has 42 valence electrons. The molecule has 8 heavy (non-hydrogen) atoms. The molecule has 0 aliphatic carbocycles. The van der Waals surface area contributed by atoms with Gasteiger partial charge in [0.1, 0.15) is 0 Å². The van der Waals surface area contributed by atoms with Crippen molar-refractivity contribution in [3.63, 3.8) is 0 Å². The summed E-state index contributed by atoms with van der Waals surface area (Å²) in [6.45, 7) is 0. The van der Waals surface area contributed by atoms with Gasteiger partial charge in [-0.1, -0.05) is 0 Å². The molecule has 0 unspecified atom stereocenters. The Morgan fingerprint density at radius 3 is 1.75 bits per heavy atom. The third-order valence-corrected chi connectivity index (χ3v) is 0.786. The van der Waals surface area contributed by atoms with Gasteiger partial charge in [0.15, 0.2) is 0 Å². The summed E-state index contributed by atoms with van der Waals surface area (Å²) < 4.78 is 0. The molecule has 1 aliphatic heterocycles. The molecule has 1 aliphatic rings. The van der Waals surface area contributed by atoms with Crippen molar-refractivity contribution in [2.24, 2.45) is 0 Å². The second-order valence-electron chi connectivity index (χ2n) is 1.32. The van der Waals surface area contributed by atoms with Crippen LogP contribution in [-0.2, 0) is 9.59 Å². The van der Waals surface area contributed by atoms with Crippen LogP contribution in [-0.4, -0.2) is 22.1 Å². The maximum Gasteiger partial charge on any atom is 0.277 e. The Hall–Kier alpha value is -1.16. The third kappa shape index (κ3) is 0.509. The topological polar surface area (TPSA) is 57.6 Å². The number of imide groups is 1. The molecule has 0 fully saturated rings. The van der Waals surface area contributed by atoms with E-state index in [1.807, 2.05) is 0 Å². The molecule has 0 aromatic rings. The molecule has 0 saturated heterocycles. The number of rotatable bonds is 0. The molecular formula is C4H3NO3. The fraction of sp³-hybridized carbons (Fsp3) is 0. The van der Waals surface area contributed by atoms with E-state index in [4.69, 9.17) is 5.21 Å². The first-order valence-corrected chi connectivity index (χ1v) is 1.97. The summed E-state index contributed by atoms with van der Waals surface area (Å²) in [6, 6.07) is 0. The summed E-state index contributed by atoms with van der Waals surface area (Å²) in [6.07, 6.45) is 2.00. The quantitative estimate of drug-likeness (QED) is 0.334. The van der Waals surface area contributed by atoms with Crippen molar-refractivity contribution in [2.75, 3.05) is 0 Å². The molecule has 0 bridgehead atoms. The van der Waals surface area contributed by atoms with E-state index in [2.05, 4.69) is 0 Å². The minimum atomic E-state index is -0.685. The first-order valence-electron chi connectivity index (χ1n) is 1.97. The van der Waals surface area contributed by atoms with Crippen LogP contribution in [0.4, 0.5) is 0 Å². The van der Waals surface area contributed by atoms with Gasteiger partial charge in [0, 0.05) is 12.2 Å². The maximum absolute atomic E-state index is 10.2. The fourth-order valence-corrected chi connectivity index (χ4v) is 0.392. The Balaban J connectivity index is 2.84. The molecule has 4 heteroatoms. The Bertz CT molecular complexity index is 154. The van der Waals surface area contributed by atoms with Crippen LogP contribution in [0, 0.1) is 0 Å². The van der Waals surface area contributed by atoms with Gasteiger partial charge in [0.25, 0.3) is 11.8 Å². The van der Waals surface area contributed by atoms with Crippen LogP contribution in [0.2, 0.25) is 0 Å². The summed E-state index contributed by atoms with van der Waals surface area (Å²) in [5.74, 6) is -1.37. The number of hydroxylamine groups is 2. The van der Waals surface area contributed by atoms with Gasteiger partial charge >= 0.3 is 0 Å². The predicted octanol–water partition coefficient (Wildman–Crippen LogP) is -0.699. The van der Waals surface area contributed by atoms with E-state index < -0.39 is 11.8 Å². The van der Waals surface area contributed by atoms with Crippen LogP contribution in [0.25, 0.3) is 0 Å². The van der Waals surface area contributed by atoms with E-state index in [1.54, 1.807) is 0 Å². The number of carbonyl (C=O) groups excluding carboxylic acids is 2. The van der Waals surface area contributed by atoms with Crippen molar-refractivity contribution < 1.29 is 14.8 Å². The van der Waals surface area contributed by atoms with Gasteiger partial charge in [-0.15, -0.1) is 5.06 Å². The van der Waals surface area contributed by atoms with E-state index in [0.717, 1.165) is 12.2 Å². The smallest absolute Gasteiger partial charge is 0.277 e. The standard InChI is InChI=1S/C4H3NO3/c6-3-1-2-4(7)5(3)8/h1-2,8H. The normalized spacial score (nSPS) is 18.4. The highest BCUT2D eigenvalue weighted by Crippen LogP contribution is 1.96. The average molecular weight is 113 g/mol. The molecule has 0 atom stereocenters. The monoisotopic (exact) mass is 113 g/mol. The lowest BCUT2D eigenvalue weighted by Crippen LogP contribution is -2.25. The molecule has 0 saturated carbocycles. The van der Waals surface area contributed by atoms with Crippen LogP contribution in [0.5, 0.6) is 0 Å². The summed E-state index contributed by atoms with van der Waals surface area (Å²) in [7, 11) is 0. The average Bonchev–Trinajstić information content (AvgIpc) is 1.98. The van der Waals surface area contributed by atoms with Gasteiger partial charge in [-0.05, 0) is 0 Å². The van der Waals surface area contributed by atoms with Gasteiger partial charge in [-0.25, -0.2) is 0 Å². The van der Waals surface area contributed by atoms with E-state index in [-0.39, 0.29) is 5.06 Å². The highest BCUT2D eigenvalue weighted by atomic mass is 16.5. The number of amides is 2. The van der Waals surface area contributed by atoms with Crippen molar-refractivity contribution in [2.45, 2.75) is 0 Å². The van der Waals surface area contributed by atoms with Gasteiger partial charge < -0.3 is 0 Å². The highest BCUT2D eigenvalue weighted by molar-refractivity contribution is 6.11. The van der Waals surface area contributed by atoms with Crippen molar-refractivity contribution in [3.8, 4) is 0 Å². The molecule has 1 rings (SSSR count). The molecule has 2 amide bonds. The third-order valence-electron chi connectivity index (χ3n) is 0.786. The molecule has 1 heterocycles. The second-order valence-corrected chi connectivity index (χ2v) is 1.32. The first kappa shape index (κ1) is 4.99. The number of carbonyl (C=O) groups is 2. The molecule has 0 spiro atoms.